The van der Waals surface area contributed by atoms with E-state index in [9.17, 15) is 4.79 Å². The van der Waals surface area contributed by atoms with Crippen molar-refractivity contribution in [2.75, 3.05) is 20.3 Å². The first-order chi connectivity index (χ1) is 16.0. The summed E-state index contributed by atoms with van der Waals surface area (Å²) >= 11 is 0. The van der Waals surface area contributed by atoms with E-state index in [4.69, 9.17) is 18.9 Å². The number of hydrogen-bond acceptors (Lipinski definition) is 6. The molecule has 4 rings (SSSR count). The Kier molecular flexibility index (Phi) is 6.98. The Bertz CT molecular complexity index is 1100. The molecule has 172 valence electrons. The van der Waals surface area contributed by atoms with Gasteiger partial charge in [-0.15, -0.1) is 0 Å². The molecule has 33 heavy (non-hydrogen) atoms. The van der Waals surface area contributed by atoms with Crippen molar-refractivity contribution < 1.29 is 23.7 Å². The Morgan fingerprint density at radius 1 is 1.03 bits per heavy atom. The van der Waals surface area contributed by atoms with Gasteiger partial charge in [0.05, 0.1) is 18.8 Å². The second-order valence-electron chi connectivity index (χ2n) is 8.07. The molecule has 0 bridgehead atoms. The van der Waals surface area contributed by atoms with Crippen molar-refractivity contribution in [1.29, 1.82) is 0 Å². The number of carbonyl (C=O) groups excluding carboxylic acids is 1. The molecular weight excluding hydrogens is 420 g/mol. The van der Waals surface area contributed by atoms with Crippen molar-refractivity contribution in [3.05, 3.63) is 77.6 Å². The van der Waals surface area contributed by atoms with Crippen LogP contribution in [0.5, 0.6) is 23.0 Å². The Labute approximate surface area is 193 Å². The van der Waals surface area contributed by atoms with Crippen LogP contribution in [0.1, 0.15) is 41.5 Å². The zero-order chi connectivity index (χ0) is 23.2. The molecule has 1 atom stereocenters. The summed E-state index contributed by atoms with van der Waals surface area (Å²) in [5.74, 6) is 2.42. The van der Waals surface area contributed by atoms with Gasteiger partial charge in [-0.1, -0.05) is 26.0 Å². The minimum atomic E-state index is -0.201. The van der Waals surface area contributed by atoms with Gasteiger partial charge in [-0.05, 0) is 53.9 Å². The summed E-state index contributed by atoms with van der Waals surface area (Å²) in [5, 5.41) is 3.15. The van der Waals surface area contributed by atoms with Gasteiger partial charge in [-0.3, -0.25) is 9.78 Å². The molecule has 1 aromatic heterocycles. The number of methoxy groups -OCH3 is 1. The van der Waals surface area contributed by atoms with E-state index in [0.717, 1.165) is 17.0 Å². The van der Waals surface area contributed by atoms with Crippen LogP contribution in [-0.4, -0.2) is 31.2 Å². The van der Waals surface area contributed by atoms with Gasteiger partial charge in [0, 0.05) is 11.8 Å². The number of carbonyl (C=O) groups is 1. The lowest BCUT2D eigenvalue weighted by atomic mass is 9.95. The minimum absolute atomic E-state index is 0.162. The van der Waals surface area contributed by atoms with Crippen LogP contribution in [-0.2, 0) is 6.61 Å². The molecule has 1 aliphatic heterocycles. The molecule has 1 aliphatic rings. The Morgan fingerprint density at radius 2 is 1.85 bits per heavy atom. The summed E-state index contributed by atoms with van der Waals surface area (Å²) in [6.07, 6.45) is 1.71. The van der Waals surface area contributed by atoms with Crippen molar-refractivity contribution in [3.8, 4) is 23.0 Å². The molecule has 0 unspecified atom stereocenters. The van der Waals surface area contributed by atoms with Crippen LogP contribution < -0.4 is 24.3 Å². The topological polar surface area (TPSA) is 78.9 Å². The summed E-state index contributed by atoms with van der Waals surface area (Å²) in [4.78, 5) is 17.4. The number of benzene rings is 2. The number of amides is 1. The number of aromatic nitrogens is 1. The average Bonchev–Trinajstić information content (AvgIpc) is 2.85. The van der Waals surface area contributed by atoms with Gasteiger partial charge >= 0.3 is 0 Å². The van der Waals surface area contributed by atoms with Gasteiger partial charge in [0.25, 0.3) is 5.91 Å². The predicted molar refractivity (Wildman–Crippen MR) is 124 cm³/mol. The van der Waals surface area contributed by atoms with Crippen LogP contribution in [0.4, 0.5) is 0 Å². The number of nitrogens with one attached hydrogen (secondary N) is 1. The number of nitrogens with zero attached hydrogens (tertiary/aromatic N) is 1. The molecule has 0 saturated heterocycles. The molecule has 2 aromatic carbocycles. The van der Waals surface area contributed by atoms with E-state index in [0.29, 0.717) is 36.0 Å². The number of pyridine rings is 1. The Morgan fingerprint density at radius 3 is 2.58 bits per heavy atom. The average molecular weight is 449 g/mol. The smallest absolute Gasteiger partial charge is 0.251 e. The number of hydrogen-bond donors (Lipinski definition) is 1. The summed E-state index contributed by atoms with van der Waals surface area (Å²) in [5.41, 5.74) is 2.23. The fourth-order valence-corrected chi connectivity index (χ4v) is 3.68. The Balaban J connectivity index is 1.52. The normalized spacial score (nSPS) is 13.3. The highest BCUT2D eigenvalue weighted by Gasteiger charge is 2.23. The van der Waals surface area contributed by atoms with Crippen molar-refractivity contribution in [1.82, 2.24) is 10.3 Å². The standard InChI is InChI=1S/C26H28N2O5/c1-17(2)25(18-7-10-22-24(14-18)32-13-12-31-22)28-26(29)19-8-9-21(30-3)23(15-19)33-16-20-6-4-5-11-27-20/h4-11,14-15,17,25H,12-13,16H2,1-3H3,(H,28,29)/t25-/m1/s1. The second kappa shape index (κ2) is 10.3. The summed E-state index contributed by atoms with van der Waals surface area (Å²) in [6.45, 7) is 5.46. The quantitative estimate of drug-likeness (QED) is 0.544. The van der Waals surface area contributed by atoms with Crippen molar-refractivity contribution >= 4 is 5.91 Å². The number of ether oxygens (including phenoxy) is 4. The zero-order valence-electron chi connectivity index (χ0n) is 19.0. The monoisotopic (exact) mass is 448 g/mol. The van der Waals surface area contributed by atoms with Gasteiger partial charge < -0.3 is 24.3 Å². The fourth-order valence-electron chi connectivity index (χ4n) is 3.68. The first-order valence-electron chi connectivity index (χ1n) is 11.0. The van der Waals surface area contributed by atoms with E-state index < -0.39 is 0 Å². The van der Waals surface area contributed by atoms with Crippen LogP contribution in [0, 0.1) is 5.92 Å². The SMILES string of the molecule is COc1ccc(C(=O)N[C@@H](c2ccc3c(c2)OCCO3)C(C)C)cc1OCc1ccccn1. The van der Waals surface area contributed by atoms with E-state index >= 15 is 0 Å². The van der Waals surface area contributed by atoms with Crippen LogP contribution in [0.3, 0.4) is 0 Å². The predicted octanol–water partition coefficient (Wildman–Crippen LogP) is 4.57. The molecule has 0 fully saturated rings. The first kappa shape index (κ1) is 22.5. The molecule has 7 nitrogen and oxygen atoms in total. The van der Waals surface area contributed by atoms with Crippen LogP contribution in [0.2, 0.25) is 0 Å². The molecule has 0 spiro atoms. The highest BCUT2D eigenvalue weighted by Crippen LogP contribution is 2.35. The molecule has 0 saturated carbocycles. The summed E-state index contributed by atoms with van der Waals surface area (Å²) in [6, 6.07) is 16.4. The number of rotatable bonds is 8. The molecule has 7 heteroatoms. The van der Waals surface area contributed by atoms with Crippen molar-refractivity contribution in [2.24, 2.45) is 5.92 Å². The zero-order valence-corrected chi connectivity index (χ0v) is 19.0. The molecule has 0 aliphatic carbocycles. The highest BCUT2D eigenvalue weighted by molar-refractivity contribution is 5.95. The number of fused-ring (bicyclic) bond motifs is 1. The minimum Gasteiger partial charge on any atom is -0.493 e. The maximum absolute atomic E-state index is 13.2. The van der Waals surface area contributed by atoms with E-state index in [-0.39, 0.29) is 24.5 Å². The lowest BCUT2D eigenvalue weighted by Gasteiger charge is -2.25. The molecular formula is C26H28N2O5. The largest absolute Gasteiger partial charge is 0.493 e. The van der Waals surface area contributed by atoms with Crippen LogP contribution in [0.15, 0.2) is 60.8 Å². The van der Waals surface area contributed by atoms with Gasteiger partial charge in [0.15, 0.2) is 23.0 Å². The Hall–Kier alpha value is -3.74. The maximum Gasteiger partial charge on any atom is 0.251 e. The van der Waals surface area contributed by atoms with Crippen LogP contribution in [0.25, 0.3) is 0 Å². The van der Waals surface area contributed by atoms with Gasteiger partial charge in [0.2, 0.25) is 0 Å². The van der Waals surface area contributed by atoms with E-state index in [1.807, 2.05) is 36.4 Å². The van der Waals surface area contributed by atoms with Crippen LogP contribution >= 0.6 is 0 Å². The molecule has 2 heterocycles. The summed E-state index contributed by atoms with van der Waals surface area (Å²) in [7, 11) is 1.57. The molecule has 0 radical (unpaired) electrons. The maximum atomic E-state index is 13.2. The van der Waals surface area contributed by atoms with Gasteiger partial charge in [-0.25, -0.2) is 0 Å². The lowest BCUT2D eigenvalue weighted by Crippen LogP contribution is -2.32. The van der Waals surface area contributed by atoms with Crippen molar-refractivity contribution in [2.45, 2.75) is 26.5 Å². The third-order valence-electron chi connectivity index (χ3n) is 5.41. The van der Waals surface area contributed by atoms with Crippen molar-refractivity contribution in [3.63, 3.8) is 0 Å². The first-order valence-corrected chi connectivity index (χ1v) is 11.0. The summed E-state index contributed by atoms with van der Waals surface area (Å²) < 4.78 is 22.6. The third-order valence-corrected chi connectivity index (χ3v) is 5.41. The molecule has 1 N–H and O–H groups in total. The third kappa shape index (κ3) is 5.37. The molecule has 1 amide bonds. The highest BCUT2D eigenvalue weighted by atomic mass is 16.6. The van der Waals surface area contributed by atoms with E-state index in [2.05, 4.69) is 24.1 Å². The second-order valence-corrected chi connectivity index (χ2v) is 8.07. The lowest BCUT2D eigenvalue weighted by molar-refractivity contribution is 0.0924. The van der Waals surface area contributed by atoms with E-state index in [1.54, 1.807) is 31.5 Å². The molecule has 3 aromatic rings. The fraction of sp³-hybridized carbons (Fsp3) is 0.308. The van der Waals surface area contributed by atoms with Gasteiger partial charge in [0.1, 0.15) is 19.8 Å². The van der Waals surface area contributed by atoms with Gasteiger partial charge in [-0.2, -0.15) is 0 Å². The van der Waals surface area contributed by atoms with E-state index in [1.165, 1.54) is 0 Å².